The van der Waals surface area contributed by atoms with E-state index >= 15 is 0 Å². The van der Waals surface area contributed by atoms with Crippen molar-refractivity contribution in [1.82, 2.24) is 15.2 Å². The van der Waals surface area contributed by atoms with Crippen LogP contribution in [-0.2, 0) is 5.75 Å². The number of carbonyl (C=O) groups excluding carboxylic acids is 1. The Bertz CT molecular complexity index is 824. The Labute approximate surface area is 147 Å². The zero-order valence-corrected chi connectivity index (χ0v) is 14.4. The molecular weight excluding hydrogens is 344 g/mol. The molecule has 8 heteroatoms. The van der Waals surface area contributed by atoms with E-state index in [9.17, 15) is 4.79 Å². The molecule has 24 heavy (non-hydrogen) atoms. The van der Waals surface area contributed by atoms with Gasteiger partial charge in [-0.2, -0.15) is 0 Å². The molecule has 0 aliphatic rings. The first-order chi connectivity index (χ1) is 11.8. The summed E-state index contributed by atoms with van der Waals surface area (Å²) < 4.78 is 5.89. The van der Waals surface area contributed by atoms with Crippen LogP contribution in [0.2, 0.25) is 0 Å². The molecule has 0 aliphatic heterocycles. The normalized spacial score (nSPS) is 10.4. The van der Waals surface area contributed by atoms with E-state index in [0.29, 0.717) is 10.7 Å². The SMILES string of the molecule is COc1ncccc1C(=O)Nc1nnc(SCc2ccccc2)s1. The molecule has 122 valence electrons. The molecule has 0 fully saturated rings. The highest BCUT2D eigenvalue weighted by Crippen LogP contribution is 2.28. The van der Waals surface area contributed by atoms with Gasteiger partial charge in [0.1, 0.15) is 5.56 Å². The largest absolute Gasteiger partial charge is 0.480 e. The zero-order chi connectivity index (χ0) is 16.8. The number of benzene rings is 1. The molecule has 0 radical (unpaired) electrons. The molecule has 0 saturated carbocycles. The molecule has 3 aromatic rings. The minimum Gasteiger partial charge on any atom is -0.480 e. The van der Waals surface area contributed by atoms with Gasteiger partial charge in [-0.05, 0) is 17.7 Å². The van der Waals surface area contributed by atoms with E-state index in [2.05, 4.69) is 32.6 Å². The van der Waals surface area contributed by atoms with Crippen LogP contribution in [0.25, 0.3) is 0 Å². The van der Waals surface area contributed by atoms with E-state index in [4.69, 9.17) is 4.74 Å². The number of nitrogens with one attached hydrogen (secondary N) is 1. The van der Waals surface area contributed by atoms with Crippen LogP contribution >= 0.6 is 23.1 Å². The van der Waals surface area contributed by atoms with Gasteiger partial charge in [-0.15, -0.1) is 10.2 Å². The van der Waals surface area contributed by atoms with Crippen molar-refractivity contribution in [3.63, 3.8) is 0 Å². The lowest BCUT2D eigenvalue weighted by molar-refractivity contribution is 0.102. The molecule has 0 unspecified atom stereocenters. The van der Waals surface area contributed by atoms with Crippen molar-refractivity contribution in [2.24, 2.45) is 0 Å². The number of pyridine rings is 1. The van der Waals surface area contributed by atoms with Crippen LogP contribution in [0.5, 0.6) is 5.88 Å². The highest BCUT2D eigenvalue weighted by molar-refractivity contribution is 8.00. The summed E-state index contributed by atoms with van der Waals surface area (Å²) in [6.07, 6.45) is 1.57. The van der Waals surface area contributed by atoms with Crippen molar-refractivity contribution in [3.05, 3.63) is 59.8 Å². The molecule has 0 atom stereocenters. The van der Waals surface area contributed by atoms with Gasteiger partial charge in [0.2, 0.25) is 11.0 Å². The van der Waals surface area contributed by atoms with Crippen LogP contribution < -0.4 is 10.1 Å². The van der Waals surface area contributed by atoms with Crippen LogP contribution in [-0.4, -0.2) is 28.2 Å². The van der Waals surface area contributed by atoms with E-state index in [-0.39, 0.29) is 11.8 Å². The predicted molar refractivity (Wildman–Crippen MR) is 94.7 cm³/mol. The minimum absolute atomic E-state index is 0.276. The van der Waals surface area contributed by atoms with Gasteiger partial charge in [0.25, 0.3) is 5.91 Å². The average molecular weight is 358 g/mol. The Morgan fingerprint density at radius 3 is 2.83 bits per heavy atom. The molecule has 3 rings (SSSR count). The summed E-state index contributed by atoms with van der Waals surface area (Å²) in [5, 5.41) is 11.3. The molecule has 0 bridgehead atoms. The summed E-state index contributed by atoms with van der Waals surface area (Å²) in [6, 6.07) is 13.4. The van der Waals surface area contributed by atoms with E-state index in [0.717, 1.165) is 10.1 Å². The highest BCUT2D eigenvalue weighted by atomic mass is 32.2. The van der Waals surface area contributed by atoms with Gasteiger partial charge >= 0.3 is 0 Å². The molecule has 1 N–H and O–H groups in total. The third-order valence-electron chi connectivity index (χ3n) is 3.04. The lowest BCUT2D eigenvalue weighted by Gasteiger charge is -2.05. The first kappa shape index (κ1) is 16.4. The summed E-state index contributed by atoms with van der Waals surface area (Å²) in [7, 11) is 1.47. The Balaban J connectivity index is 1.62. The molecule has 0 saturated heterocycles. The summed E-state index contributed by atoms with van der Waals surface area (Å²) in [4.78, 5) is 16.3. The third kappa shape index (κ3) is 4.09. The number of nitrogens with zero attached hydrogens (tertiary/aromatic N) is 3. The molecule has 2 heterocycles. The maximum Gasteiger partial charge on any atom is 0.262 e. The number of carbonyl (C=O) groups is 1. The van der Waals surface area contributed by atoms with Crippen LogP contribution in [0.15, 0.2) is 53.0 Å². The standard InChI is InChI=1S/C16H14N4O2S2/c1-22-14-12(8-5-9-17-14)13(21)18-15-19-20-16(24-15)23-10-11-6-3-2-4-7-11/h2-9H,10H2,1H3,(H,18,19,21). The monoisotopic (exact) mass is 358 g/mol. The average Bonchev–Trinajstić information content (AvgIpc) is 3.08. The molecule has 6 nitrogen and oxygen atoms in total. The third-order valence-corrected chi connectivity index (χ3v) is 5.08. The first-order valence-corrected chi connectivity index (χ1v) is 8.87. The van der Waals surface area contributed by atoms with Crippen LogP contribution in [0.1, 0.15) is 15.9 Å². The van der Waals surface area contributed by atoms with Crippen molar-refractivity contribution in [1.29, 1.82) is 0 Å². The smallest absolute Gasteiger partial charge is 0.262 e. The lowest BCUT2D eigenvalue weighted by Crippen LogP contribution is -2.13. The fourth-order valence-electron chi connectivity index (χ4n) is 1.93. The maximum atomic E-state index is 12.3. The number of anilines is 1. The van der Waals surface area contributed by atoms with Crippen molar-refractivity contribution >= 4 is 34.1 Å². The Hall–Kier alpha value is -2.45. The highest BCUT2D eigenvalue weighted by Gasteiger charge is 2.15. The first-order valence-electron chi connectivity index (χ1n) is 7.07. The zero-order valence-electron chi connectivity index (χ0n) is 12.8. The number of hydrogen-bond donors (Lipinski definition) is 1. The Kier molecular flexibility index (Phi) is 5.39. The Morgan fingerprint density at radius 1 is 1.21 bits per heavy atom. The van der Waals surface area contributed by atoms with E-state index in [1.807, 2.05) is 18.2 Å². The quantitative estimate of drug-likeness (QED) is 0.537. The topological polar surface area (TPSA) is 77.0 Å². The van der Waals surface area contributed by atoms with E-state index in [1.165, 1.54) is 24.0 Å². The second-order valence-corrected chi connectivity index (χ2v) is 6.86. The summed E-state index contributed by atoms with van der Waals surface area (Å²) in [5.74, 6) is 0.758. The van der Waals surface area contributed by atoms with Gasteiger partial charge in [-0.25, -0.2) is 4.98 Å². The number of rotatable bonds is 6. The fraction of sp³-hybridized carbons (Fsp3) is 0.125. The number of hydrogen-bond acceptors (Lipinski definition) is 7. The molecule has 1 amide bonds. The van der Waals surface area contributed by atoms with Crippen LogP contribution in [0.3, 0.4) is 0 Å². The van der Waals surface area contributed by atoms with Crippen molar-refractivity contribution < 1.29 is 9.53 Å². The molecule has 2 aromatic heterocycles. The number of methoxy groups -OCH3 is 1. The van der Waals surface area contributed by atoms with Gasteiger partial charge in [0, 0.05) is 11.9 Å². The van der Waals surface area contributed by atoms with Gasteiger partial charge in [0.15, 0.2) is 4.34 Å². The maximum absolute atomic E-state index is 12.3. The van der Waals surface area contributed by atoms with Crippen molar-refractivity contribution in [2.75, 3.05) is 12.4 Å². The lowest BCUT2D eigenvalue weighted by atomic mass is 10.2. The summed E-state index contributed by atoms with van der Waals surface area (Å²) >= 11 is 2.92. The molecule has 1 aromatic carbocycles. The summed E-state index contributed by atoms with van der Waals surface area (Å²) in [5.41, 5.74) is 1.57. The van der Waals surface area contributed by atoms with Crippen molar-refractivity contribution in [3.8, 4) is 5.88 Å². The van der Waals surface area contributed by atoms with Gasteiger partial charge in [-0.3, -0.25) is 10.1 Å². The van der Waals surface area contributed by atoms with Gasteiger partial charge in [-0.1, -0.05) is 53.4 Å². The number of thioether (sulfide) groups is 1. The van der Waals surface area contributed by atoms with Crippen LogP contribution in [0, 0.1) is 0 Å². The van der Waals surface area contributed by atoms with E-state index in [1.54, 1.807) is 30.1 Å². The van der Waals surface area contributed by atoms with Crippen molar-refractivity contribution in [2.45, 2.75) is 10.1 Å². The van der Waals surface area contributed by atoms with Gasteiger partial charge in [0.05, 0.1) is 7.11 Å². The minimum atomic E-state index is -0.323. The molecular formula is C16H14N4O2S2. The molecule has 0 aliphatic carbocycles. The van der Waals surface area contributed by atoms with Gasteiger partial charge < -0.3 is 4.74 Å². The fourth-order valence-corrected chi connectivity index (χ4v) is 3.63. The van der Waals surface area contributed by atoms with E-state index < -0.39 is 0 Å². The Morgan fingerprint density at radius 2 is 2.04 bits per heavy atom. The van der Waals surface area contributed by atoms with Crippen LogP contribution in [0.4, 0.5) is 5.13 Å². The second kappa shape index (κ2) is 7.89. The summed E-state index contributed by atoms with van der Waals surface area (Å²) in [6.45, 7) is 0. The number of ether oxygens (including phenoxy) is 1. The predicted octanol–water partition coefficient (Wildman–Crippen LogP) is 3.49. The second-order valence-electron chi connectivity index (χ2n) is 4.66. The number of amides is 1. The molecule has 0 spiro atoms. The number of aromatic nitrogens is 3.